The molecule has 1 rings (SSSR count). The fourth-order valence-corrected chi connectivity index (χ4v) is 1.45. The summed E-state index contributed by atoms with van der Waals surface area (Å²) in [6.07, 6.45) is 0.647. The number of carbonyl (C=O) groups is 1. The molecule has 0 spiro atoms. The molecule has 0 radical (unpaired) electrons. The molecule has 1 unspecified atom stereocenters. The Bertz CT molecular complexity index is 350. The van der Waals surface area contributed by atoms with E-state index in [1.165, 1.54) is 0 Å². The SMILES string of the molecule is CCC(C)(OC)C(=O)c1ccc(OC)cc1. The number of ketones is 1. The van der Waals surface area contributed by atoms with Crippen molar-refractivity contribution >= 4 is 5.78 Å². The quantitative estimate of drug-likeness (QED) is 0.718. The third-order valence-electron chi connectivity index (χ3n) is 2.96. The van der Waals surface area contributed by atoms with Crippen molar-refractivity contribution in [2.45, 2.75) is 25.9 Å². The summed E-state index contributed by atoms with van der Waals surface area (Å²) >= 11 is 0. The first-order valence-corrected chi connectivity index (χ1v) is 5.31. The van der Waals surface area contributed by atoms with Crippen molar-refractivity contribution in [3.8, 4) is 5.75 Å². The van der Waals surface area contributed by atoms with Gasteiger partial charge in [-0.25, -0.2) is 0 Å². The Balaban J connectivity index is 2.95. The first kappa shape index (κ1) is 12.7. The highest BCUT2D eigenvalue weighted by Crippen LogP contribution is 2.22. The zero-order valence-electron chi connectivity index (χ0n) is 10.2. The second kappa shape index (κ2) is 5.12. The van der Waals surface area contributed by atoms with Crippen molar-refractivity contribution in [3.05, 3.63) is 29.8 Å². The number of carbonyl (C=O) groups excluding carboxylic acids is 1. The molecule has 1 atom stereocenters. The topological polar surface area (TPSA) is 35.5 Å². The van der Waals surface area contributed by atoms with Crippen LogP contribution >= 0.6 is 0 Å². The largest absolute Gasteiger partial charge is 0.497 e. The molecule has 3 heteroatoms. The summed E-state index contributed by atoms with van der Waals surface area (Å²) < 4.78 is 10.3. The molecule has 0 aliphatic heterocycles. The van der Waals surface area contributed by atoms with E-state index in [4.69, 9.17) is 9.47 Å². The van der Waals surface area contributed by atoms with Crippen LogP contribution in [0.1, 0.15) is 30.6 Å². The fourth-order valence-electron chi connectivity index (χ4n) is 1.45. The fraction of sp³-hybridized carbons (Fsp3) is 0.462. The van der Waals surface area contributed by atoms with E-state index in [0.29, 0.717) is 12.0 Å². The van der Waals surface area contributed by atoms with E-state index in [9.17, 15) is 4.79 Å². The van der Waals surface area contributed by atoms with E-state index in [-0.39, 0.29) is 5.78 Å². The summed E-state index contributed by atoms with van der Waals surface area (Å²) in [5.74, 6) is 0.743. The molecule has 0 heterocycles. The van der Waals surface area contributed by atoms with Crippen LogP contribution in [0.5, 0.6) is 5.75 Å². The van der Waals surface area contributed by atoms with Gasteiger partial charge in [0.05, 0.1) is 7.11 Å². The first-order chi connectivity index (χ1) is 7.57. The molecule has 0 amide bonds. The molecule has 3 nitrogen and oxygen atoms in total. The van der Waals surface area contributed by atoms with Gasteiger partial charge in [-0.2, -0.15) is 0 Å². The molecule has 0 aliphatic carbocycles. The summed E-state index contributed by atoms with van der Waals surface area (Å²) in [6, 6.07) is 7.07. The van der Waals surface area contributed by atoms with Gasteiger partial charge in [-0.1, -0.05) is 6.92 Å². The van der Waals surface area contributed by atoms with Gasteiger partial charge in [0.15, 0.2) is 5.78 Å². The minimum absolute atomic E-state index is 0.000142. The minimum atomic E-state index is -0.741. The van der Waals surface area contributed by atoms with Gasteiger partial charge in [0.1, 0.15) is 11.4 Å². The van der Waals surface area contributed by atoms with Crippen LogP contribution in [0, 0.1) is 0 Å². The molecule has 16 heavy (non-hydrogen) atoms. The maximum absolute atomic E-state index is 12.2. The van der Waals surface area contributed by atoms with Crippen LogP contribution < -0.4 is 4.74 Å². The number of methoxy groups -OCH3 is 2. The molecule has 1 aromatic rings. The van der Waals surface area contributed by atoms with Gasteiger partial charge in [0.2, 0.25) is 0 Å². The van der Waals surface area contributed by atoms with Gasteiger partial charge in [0.25, 0.3) is 0 Å². The lowest BCUT2D eigenvalue weighted by Crippen LogP contribution is -2.36. The Hall–Kier alpha value is -1.35. The van der Waals surface area contributed by atoms with Crippen molar-refractivity contribution in [1.29, 1.82) is 0 Å². The van der Waals surface area contributed by atoms with Crippen LogP contribution in [0.4, 0.5) is 0 Å². The smallest absolute Gasteiger partial charge is 0.194 e. The van der Waals surface area contributed by atoms with Gasteiger partial charge in [-0.05, 0) is 37.6 Å². The Morgan fingerprint density at radius 3 is 2.19 bits per heavy atom. The Kier molecular flexibility index (Phi) is 4.07. The highest BCUT2D eigenvalue weighted by Gasteiger charge is 2.31. The van der Waals surface area contributed by atoms with Crippen molar-refractivity contribution in [3.63, 3.8) is 0 Å². The molecular formula is C13H18O3. The predicted octanol–water partition coefficient (Wildman–Crippen LogP) is 2.69. The first-order valence-electron chi connectivity index (χ1n) is 5.31. The number of ether oxygens (including phenoxy) is 2. The zero-order valence-corrected chi connectivity index (χ0v) is 10.2. The average Bonchev–Trinajstić information content (AvgIpc) is 2.37. The summed E-state index contributed by atoms with van der Waals surface area (Å²) in [6.45, 7) is 3.74. The lowest BCUT2D eigenvalue weighted by atomic mass is 9.92. The molecule has 0 bridgehead atoms. The number of hydrogen-bond acceptors (Lipinski definition) is 3. The maximum Gasteiger partial charge on any atom is 0.194 e. The number of hydrogen-bond donors (Lipinski definition) is 0. The van der Waals surface area contributed by atoms with E-state index in [1.807, 2.05) is 6.92 Å². The summed E-state index contributed by atoms with van der Waals surface area (Å²) in [4.78, 5) is 12.2. The van der Waals surface area contributed by atoms with Crippen LogP contribution in [0.25, 0.3) is 0 Å². The number of Topliss-reactive ketones (excluding diaryl/α,β-unsaturated/α-hetero) is 1. The number of benzene rings is 1. The number of rotatable bonds is 5. The van der Waals surface area contributed by atoms with Gasteiger partial charge >= 0.3 is 0 Å². The Labute approximate surface area is 96.4 Å². The Morgan fingerprint density at radius 1 is 1.25 bits per heavy atom. The molecule has 0 fully saturated rings. The summed E-state index contributed by atoms with van der Waals surface area (Å²) in [5, 5.41) is 0. The summed E-state index contributed by atoms with van der Waals surface area (Å²) in [7, 11) is 3.16. The molecule has 0 saturated carbocycles. The van der Waals surface area contributed by atoms with Crippen LogP contribution in [-0.2, 0) is 4.74 Å². The van der Waals surface area contributed by atoms with E-state index in [0.717, 1.165) is 5.75 Å². The van der Waals surface area contributed by atoms with Crippen LogP contribution in [-0.4, -0.2) is 25.6 Å². The van der Waals surface area contributed by atoms with E-state index < -0.39 is 5.60 Å². The molecular weight excluding hydrogens is 204 g/mol. The van der Waals surface area contributed by atoms with Gasteiger partial charge in [-0.15, -0.1) is 0 Å². The van der Waals surface area contributed by atoms with Crippen LogP contribution in [0.15, 0.2) is 24.3 Å². The lowest BCUT2D eigenvalue weighted by Gasteiger charge is -2.24. The zero-order chi connectivity index (χ0) is 12.2. The van der Waals surface area contributed by atoms with Crippen molar-refractivity contribution in [2.75, 3.05) is 14.2 Å². The molecule has 0 aromatic heterocycles. The Morgan fingerprint density at radius 2 is 1.81 bits per heavy atom. The van der Waals surface area contributed by atoms with Crippen molar-refractivity contribution in [2.24, 2.45) is 0 Å². The molecule has 0 saturated heterocycles. The normalized spacial score (nSPS) is 14.2. The average molecular weight is 222 g/mol. The highest BCUT2D eigenvalue weighted by molar-refractivity contribution is 6.02. The molecule has 88 valence electrons. The third-order valence-corrected chi connectivity index (χ3v) is 2.96. The molecule has 0 N–H and O–H groups in total. The third kappa shape index (κ3) is 2.42. The highest BCUT2D eigenvalue weighted by atomic mass is 16.5. The van der Waals surface area contributed by atoms with Crippen LogP contribution in [0.3, 0.4) is 0 Å². The van der Waals surface area contributed by atoms with Gasteiger partial charge < -0.3 is 9.47 Å². The minimum Gasteiger partial charge on any atom is -0.497 e. The lowest BCUT2D eigenvalue weighted by molar-refractivity contribution is 0.0106. The van der Waals surface area contributed by atoms with Gasteiger partial charge in [-0.3, -0.25) is 4.79 Å². The van der Waals surface area contributed by atoms with E-state index in [2.05, 4.69) is 0 Å². The second-order valence-electron chi connectivity index (χ2n) is 3.85. The maximum atomic E-state index is 12.2. The van der Waals surface area contributed by atoms with E-state index >= 15 is 0 Å². The molecule has 0 aliphatic rings. The predicted molar refractivity (Wildman–Crippen MR) is 63.0 cm³/mol. The van der Waals surface area contributed by atoms with Crippen molar-refractivity contribution < 1.29 is 14.3 Å². The van der Waals surface area contributed by atoms with Crippen molar-refractivity contribution in [1.82, 2.24) is 0 Å². The van der Waals surface area contributed by atoms with E-state index in [1.54, 1.807) is 45.4 Å². The monoisotopic (exact) mass is 222 g/mol. The van der Waals surface area contributed by atoms with Gasteiger partial charge in [0, 0.05) is 12.7 Å². The second-order valence-corrected chi connectivity index (χ2v) is 3.85. The summed E-state index contributed by atoms with van der Waals surface area (Å²) in [5.41, 5.74) is -0.0961. The standard InChI is InChI=1S/C13H18O3/c1-5-13(2,16-4)12(14)10-6-8-11(15-3)9-7-10/h6-9H,5H2,1-4H3. The van der Waals surface area contributed by atoms with Crippen LogP contribution in [0.2, 0.25) is 0 Å². The molecule has 1 aromatic carbocycles.